The summed E-state index contributed by atoms with van der Waals surface area (Å²) >= 11 is 0. The van der Waals surface area contributed by atoms with Crippen molar-refractivity contribution >= 4 is 44.0 Å². The summed E-state index contributed by atoms with van der Waals surface area (Å²) in [6.07, 6.45) is 3.27. The van der Waals surface area contributed by atoms with Crippen LogP contribution in [0.4, 0.5) is 0 Å². The lowest BCUT2D eigenvalue weighted by atomic mass is 9.74. The highest BCUT2D eigenvalue weighted by Crippen LogP contribution is 2.42. The third-order valence-corrected chi connectivity index (χ3v) is 5.73. The van der Waals surface area contributed by atoms with Crippen LogP contribution in [-0.2, 0) is 6.42 Å². The number of para-hydroxylation sites is 1. The number of carbonyl (C=O) groups excluding carboxylic acids is 1. The number of aromatic nitrogens is 3. The average Bonchev–Trinajstić information content (AvgIpc) is 3.03. The number of rotatable bonds is 0. The van der Waals surface area contributed by atoms with E-state index in [0.717, 1.165) is 55.9 Å². The van der Waals surface area contributed by atoms with Crippen molar-refractivity contribution in [3.8, 4) is 0 Å². The van der Waals surface area contributed by atoms with Gasteiger partial charge in [-0.1, -0.05) is 32.0 Å². The van der Waals surface area contributed by atoms with Crippen molar-refractivity contribution in [3.63, 3.8) is 0 Å². The minimum atomic E-state index is -0.0441. The van der Waals surface area contributed by atoms with E-state index in [-0.39, 0.29) is 11.2 Å². The number of Topliss-reactive ketones (excluding diaryl/α,β-unsaturated/α-hetero) is 1. The van der Waals surface area contributed by atoms with Gasteiger partial charge in [-0.15, -0.1) is 0 Å². The van der Waals surface area contributed by atoms with Crippen LogP contribution in [0.5, 0.6) is 0 Å². The summed E-state index contributed by atoms with van der Waals surface area (Å²) < 4.78 is 2.13. The lowest BCUT2D eigenvalue weighted by Gasteiger charge is -2.30. The molecular weight excluding hydrogens is 322 g/mol. The monoisotopic (exact) mass is 339 g/mol. The van der Waals surface area contributed by atoms with Crippen LogP contribution >= 0.6 is 0 Å². The Hall–Kier alpha value is -3.01. The fourth-order valence-electron chi connectivity index (χ4n) is 4.72. The first-order chi connectivity index (χ1) is 12.5. The number of pyridine rings is 2. The molecule has 0 unspecified atom stereocenters. The van der Waals surface area contributed by atoms with Crippen LogP contribution in [0.25, 0.3) is 38.2 Å². The Bertz CT molecular complexity index is 1380. The predicted molar refractivity (Wildman–Crippen MR) is 103 cm³/mol. The molecule has 0 saturated carbocycles. The highest BCUT2D eigenvalue weighted by Gasteiger charge is 2.34. The lowest BCUT2D eigenvalue weighted by Crippen LogP contribution is -2.28. The molecule has 5 aromatic rings. The molecule has 0 radical (unpaired) electrons. The van der Waals surface area contributed by atoms with Crippen LogP contribution in [-0.4, -0.2) is 20.2 Å². The molecule has 2 aromatic carbocycles. The summed E-state index contributed by atoms with van der Waals surface area (Å²) in [6.45, 7) is 4.30. The molecule has 0 saturated heterocycles. The van der Waals surface area contributed by atoms with E-state index in [1.165, 1.54) is 0 Å². The molecule has 1 aliphatic carbocycles. The largest absolute Gasteiger partial charge is 0.298 e. The van der Waals surface area contributed by atoms with E-state index in [0.29, 0.717) is 6.42 Å². The van der Waals surface area contributed by atoms with E-state index in [1.54, 1.807) is 0 Å². The van der Waals surface area contributed by atoms with Gasteiger partial charge in [-0.25, -0.2) is 4.98 Å². The second kappa shape index (κ2) is 4.39. The van der Waals surface area contributed by atoms with E-state index in [2.05, 4.69) is 35.4 Å². The molecule has 0 N–H and O–H groups in total. The first kappa shape index (κ1) is 14.2. The molecule has 0 fully saturated rings. The van der Waals surface area contributed by atoms with Gasteiger partial charge in [0, 0.05) is 28.1 Å². The van der Waals surface area contributed by atoms with Gasteiger partial charge in [-0.3, -0.25) is 14.2 Å². The third-order valence-electron chi connectivity index (χ3n) is 5.73. The Kier molecular flexibility index (Phi) is 2.39. The van der Waals surface area contributed by atoms with Crippen molar-refractivity contribution in [2.45, 2.75) is 26.7 Å². The number of benzene rings is 2. The number of hydrogen-bond donors (Lipinski definition) is 0. The normalized spacial score (nSPS) is 16.9. The van der Waals surface area contributed by atoms with E-state index in [1.807, 2.05) is 30.6 Å². The van der Waals surface area contributed by atoms with E-state index in [4.69, 9.17) is 4.98 Å². The van der Waals surface area contributed by atoms with Gasteiger partial charge in [0.1, 0.15) is 6.33 Å². The van der Waals surface area contributed by atoms with Gasteiger partial charge in [0.15, 0.2) is 5.78 Å². The Balaban J connectivity index is 1.97. The number of nitrogens with zero attached hydrogens (tertiary/aromatic N) is 3. The summed E-state index contributed by atoms with van der Waals surface area (Å²) in [5.74, 6) is 0.209. The molecule has 3 heterocycles. The second-order valence-corrected chi connectivity index (χ2v) is 8.21. The van der Waals surface area contributed by atoms with E-state index in [9.17, 15) is 4.79 Å². The van der Waals surface area contributed by atoms with Crippen LogP contribution in [0.3, 0.4) is 0 Å². The molecule has 0 spiro atoms. The highest BCUT2D eigenvalue weighted by atomic mass is 16.1. The molecule has 0 amide bonds. The number of ketones is 1. The molecule has 0 atom stereocenters. The van der Waals surface area contributed by atoms with Crippen LogP contribution in [0.1, 0.15) is 36.3 Å². The third kappa shape index (κ3) is 1.62. The van der Waals surface area contributed by atoms with Crippen molar-refractivity contribution in [2.75, 3.05) is 0 Å². The zero-order chi connectivity index (χ0) is 17.6. The maximum absolute atomic E-state index is 13.2. The number of fused-ring (bicyclic) bond motifs is 5. The Morgan fingerprint density at radius 1 is 1.00 bits per heavy atom. The quantitative estimate of drug-likeness (QED) is 0.301. The molecule has 4 heteroatoms. The topological polar surface area (TPSA) is 47.3 Å². The molecule has 26 heavy (non-hydrogen) atoms. The summed E-state index contributed by atoms with van der Waals surface area (Å²) in [5, 5.41) is 3.22. The Morgan fingerprint density at radius 3 is 2.69 bits per heavy atom. The van der Waals surface area contributed by atoms with Crippen LogP contribution < -0.4 is 0 Å². The maximum Gasteiger partial charge on any atom is 0.165 e. The van der Waals surface area contributed by atoms with Crippen LogP contribution in [0.2, 0.25) is 0 Å². The van der Waals surface area contributed by atoms with Crippen molar-refractivity contribution in [1.29, 1.82) is 0 Å². The van der Waals surface area contributed by atoms with Crippen molar-refractivity contribution in [3.05, 3.63) is 54.0 Å². The number of hydrogen-bond acceptors (Lipinski definition) is 3. The highest BCUT2D eigenvalue weighted by molar-refractivity contribution is 6.28. The summed E-state index contributed by atoms with van der Waals surface area (Å²) in [7, 11) is 0. The molecule has 0 aliphatic heterocycles. The Labute approximate surface area is 149 Å². The summed E-state index contributed by atoms with van der Waals surface area (Å²) in [4.78, 5) is 22.7. The van der Waals surface area contributed by atoms with Crippen molar-refractivity contribution in [1.82, 2.24) is 14.4 Å². The Morgan fingerprint density at radius 2 is 1.81 bits per heavy atom. The molecule has 126 valence electrons. The van der Waals surface area contributed by atoms with Gasteiger partial charge in [-0.05, 0) is 30.0 Å². The SMILES string of the molecule is CC1(C)CC(=O)c2c(nc3ccc4ncn5c6ccccc6c2c3c45)C1. The summed E-state index contributed by atoms with van der Waals surface area (Å²) in [5.41, 5.74) is 5.76. The van der Waals surface area contributed by atoms with E-state index < -0.39 is 0 Å². The molecule has 4 nitrogen and oxygen atoms in total. The first-order valence-electron chi connectivity index (χ1n) is 8.99. The predicted octanol–water partition coefficient (Wildman–Crippen LogP) is 4.78. The van der Waals surface area contributed by atoms with Gasteiger partial charge < -0.3 is 0 Å². The standard InChI is InChI=1S/C22H17N3O/c1-22(2)9-15-19(17(26)10-22)18-12-5-3-4-6-16(12)25-11-23-14-8-7-13(24-15)20(18)21(14)25/h3-8,11H,9-10H2,1-2H3. The van der Waals surface area contributed by atoms with Crippen LogP contribution in [0.15, 0.2) is 42.7 Å². The second-order valence-electron chi connectivity index (χ2n) is 8.21. The van der Waals surface area contributed by atoms with Gasteiger partial charge in [0.2, 0.25) is 0 Å². The zero-order valence-electron chi connectivity index (χ0n) is 14.7. The van der Waals surface area contributed by atoms with Gasteiger partial charge in [0.25, 0.3) is 0 Å². The maximum atomic E-state index is 13.2. The molecular formula is C22H17N3O. The number of imidazole rings is 1. The van der Waals surface area contributed by atoms with Gasteiger partial charge in [0.05, 0.1) is 27.8 Å². The zero-order valence-corrected chi connectivity index (χ0v) is 14.7. The van der Waals surface area contributed by atoms with Crippen LogP contribution in [0, 0.1) is 5.41 Å². The minimum Gasteiger partial charge on any atom is -0.298 e. The molecule has 3 aromatic heterocycles. The van der Waals surface area contributed by atoms with Gasteiger partial charge in [-0.2, -0.15) is 0 Å². The lowest BCUT2D eigenvalue weighted by molar-refractivity contribution is 0.0912. The first-order valence-corrected chi connectivity index (χ1v) is 8.99. The fourth-order valence-corrected chi connectivity index (χ4v) is 4.72. The van der Waals surface area contributed by atoms with E-state index >= 15 is 0 Å². The average molecular weight is 339 g/mol. The number of carbonyl (C=O) groups is 1. The van der Waals surface area contributed by atoms with Crippen molar-refractivity contribution in [2.24, 2.45) is 5.41 Å². The molecule has 6 rings (SSSR count). The fraction of sp³-hybridized carbons (Fsp3) is 0.227. The smallest absolute Gasteiger partial charge is 0.165 e. The summed E-state index contributed by atoms with van der Waals surface area (Å²) in [6, 6.07) is 12.4. The minimum absolute atomic E-state index is 0.0441. The van der Waals surface area contributed by atoms with Gasteiger partial charge >= 0.3 is 0 Å². The van der Waals surface area contributed by atoms with Crippen molar-refractivity contribution < 1.29 is 4.79 Å². The molecule has 1 aliphatic rings. The molecule has 0 bridgehead atoms.